The van der Waals surface area contributed by atoms with Crippen molar-refractivity contribution in [3.05, 3.63) is 0 Å². The average Bonchev–Trinajstić information content (AvgIpc) is 2.82. The van der Waals surface area contributed by atoms with Crippen molar-refractivity contribution >= 4 is 11.6 Å². The van der Waals surface area contributed by atoms with Gasteiger partial charge < -0.3 is 9.84 Å². The van der Waals surface area contributed by atoms with Crippen molar-refractivity contribution in [3.8, 4) is 0 Å². The Bertz CT molecular complexity index is 183. The molecule has 1 saturated heterocycles. The third-order valence-corrected chi connectivity index (χ3v) is 1.56. The van der Waals surface area contributed by atoms with E-state index >= 15 is 0 Å². The number of epoxide rings is 1. The summed E-state index contributed by atoms with van der Waals surface area (Å²) < 4.78 is 4.60. The maximum Gasteiger partial charge on any atom is 0.232 e. The second-order valence-corrected chi connectivity index (χ2v) is 2.47. The highest BCUT2D eigenvalue weighted by atomic mass is 16.6. The molecule has 0 radical (unpaired) electrons. The molecular weight excluding hydrogens is 148 g/mol. The number of aliphatic hydroxyl groups excluding tert-OH is 1. The van der Waals surface area contributed by atoms with Gasteiger partial charge in [0.05, 0.1) is 6.61 Å². The standard InChI is InChI=1S/C7H10O4/c1-2-4(8)6(9)7(10)5-3-11-5/h4-5,8H,2-3H2,1H3. The Balaban J connectivity index is 2.45. The highest BCUT2D eigenvalue weighted by Crippen LogP contribution is 2.11. The van der Waals surface area contributed by atoms with Crippen LogP contribution >= 0.6 is 0 Å². The zero-order valence-corrected chi connectivity index (χ0v) is 6.24. The first kappa shape index (κ1) is 8.36. The summed E-state index contributed by atoms with van der Waals surface area (Å²) in [5.74, 6) is -1.32. The maximum absolute atomic E-state index is 10.9. The molecule has 0 aromatic carbocycles. The number of carbonyl (C=O) groups excluding carboxylic acids is 2. The predicted molar refractivity (Wildman–Crippen MR) is 36.1 cm³/mol. The minimum Gasteiger partial charge on any atom is -0.385 e. The van der Waals surface area contributed by atoms with Crippen LogP contribution in [0.25, 0.3) is 0 Å². The van der Waals surface area contributed by atoms with Gasteiger partial charge in [0.1, 0.15) is 12.2 Å². The van der Waals surface area contributed by atoms with E-state index in [1.165, 1.54) is 0 Å². The largest absolute Gasteiger partial charge is 0.385 e. The van der Waals surface area contributed by atoms with Crippen molar-refractivity contribution < 1.29 is 19.4 Å². The molecule has 4 heteroatoms. The zero-order chi connectivity index (χ0) is 8.43. The van der Waals surface area contributed by atoms with E-state index in [1.54, 1.807) is 6.92 Å². The summed E-state index contributed by atoms with van der Waals surface area (Å²) in [6.07, 6.45) is -1.44. The molecule has 11 heavy (non-hydrogen) atoms. The molecule has 0 aromatic heterocycles. The number of hydrogen-bond acceptors (Lipinski definition) is 4. The lowest BCUT2D eigenvalue weighted by Gasteiger charge is -2.02. The van der Waals surface area contributed by atoms with Crippen LogP contribution in [0.1, 0.15) is 13.3 Å². The third kappa shape index (κ3) is 1.85. The molecule has 2 atom stereocenters. The van der Waals surface area contributed by atoms with E-state index in [0.29, 0.717) is 6.61 Å². The van der Waals surface area contributed by atoms with Gasteiger partial charge in [-0.05, 0) is 6.42 Å². The van der Waals surface area contributed by atoms with E-state index in [1.807, 2.05) is 0 Å². The molecule has 1 fully saturated rings. The highest BCUT2D eigenvalue weighted by Gasteiger charge is 2.37. The lowest BCUT2D eigenvalue weighted by molar-refractivity contribution is -0.142. The Morgan fingerprint density at radius 2 is 2.27 bits per heavy atom. The molecule has 1 rings (SSSR count). The van der Waals surface area contributed by atoms with Crippen LogP contribution in [0.3, 0.4) is 0 Å². The van der Waals surface area contributed by atoms with Crippen LogP contribution in [0.15, 0.2) is 0 Å². The normalized spacial score (nSPS) is 24.4. The Kier molecular flexibility index (Phi) is 2.36. The van der Waals surface area contributed by atoms with Crippen molar-refractivity contribution in [1.29, 1.82) is 0 Å². The molecule has 2 unspecified atom stereocenters. The van der Waals surface area contributed by atoms with E-state index in [9.17, 15) is 9.59 Å². The summed E-state index contributed by atoms with van der Waals surface area (Å²) in [5.41, 5.74) is 0. The number of ketones is 2. The smallest absolute Gasteiger partial charge is 0.232 e. The first-order chi connectivity index (χ1) is 5.16. The van der Waals surface area contributed by atoms with Crippen LogP contribution in [0, 0.1) is 0 Å². The van der Waals surface area contributed by atoms with E-state index in [2.05, 4.69) is 4.74 Å². The van der Waals surface area contributed by atoms with Crippen LogP contribution < -0.4 is 0 Å². The molecule has 0 saturated carbocycles. The maximum atomic E-state index is 10.9. The van der Waals surface area contributed by atoms with Gasteiger partial charge in [-0.2, -0.15) is 0 Å². The van der Waals surface area contributed by atoms with E-state index in [-0.39, 0.29) is 6.42 Å². The Morgan fingerprint density at radius 3 is 2.64 bits per heavy atom. The van der Waals surface area contributed by atoms with E-state index < -0.39 is 23.8 Å². The number of hydrogen-bond donors (Lipinski definition) is 1. The third-order valence-electron chi connectivity index (χ3n) is 1.56. The van der Waals surface area contributed by atoms with Crippen molar-refractivity contribution in [2.24, 2.45) is 0 Å². The lowest BCUT2D eigenvalue weighted by Crippen LogP contribution is -2.30. The summed E-state index contributed by atoms with van der Waals surface area (Å²) in [7, 11) is 0. The fourth-order valence-corrected chi connectivity index (χ4v) is 0.708. The number of rotatable bonds is 4. The van der Waals surface area contributed by atoms with Gasteiger partial charge in [-0.1, -0.05) is 6.92 Å². The summed E-state index contributed by atoms with van der Waals surface area (Å²) in [5, 5.41) is 8.95. The van der Waals surface area contributed by atoms with Gasteiger partial charge >= 0.3 is 0 Å². The van der Waals surface area contributed by atoms with Gasteiger partial charge in [-0.15, -0.1) is 0 Å². The molecule has 0 amide bonds. The first-order valence-corrected chi connectivity index (χ1v) is 3.54. The topological polar surface area (TPSA) is 66.9 Å². The molecule has 0 bridgehead atoms. The van der Waals surface area contributed by atoms with Crippen molar-refractivity contribution in [2.75, 3.05) is 6.61 Å². The molecule has 1 N–H and O–H groups in total. The molecule has 62 valence electrons. The summed E-state index contributed by atoms with van der Waals surface area (Å²) >= 11 is 0. The van der Waals surface area contributed by atoms with Crippen LogP contribution in [-0.2, 0) is 14.3 Å². The average molecular weight is 158 g/mol. The van der Waals surface area contributed by atoms with Gasteiger partial charge in [0.2, 0.25) is 11.6 Å². The van der Waals surface area contributed by atoms with Gasteiger partial charge in [0.15, 0.2) is 0 Å². The second-order valence-electron chi connectivity index (χ2n) is 2.47. The Labute approximate surface area is 64.2 Å². The number of Topliss-reactive ketones (excluding diaryl/α,β-unsaturated/α-hetero) is 2. The van der Waals surface area contributed by atoms with Crippen molar-refractivity contribution in [3.63, 3.8) is 0 Å². The lowest BCUT2D eigenvalue weighted by atomic mass is 10.1. The van der Waals surface area contributed by atoms with Crippen LogP contribution in [-0.4, -0.2) is 35.5 Å². The van der Waals surface area contributed by atoms with Gasteiger partial charge in [0, 0.05) is 0 Å². The number of ether oxygens (including phenoxy) is 1. The second kappa shape index (κ2) is 3.11. The van der Waals surface area contributed by atoms with Crippen LogP contribution in [0.5, 0.6) is 0 Å². The van der Waals surface area contributed by atoms with Gasteiger partial charge in [-0.3, -0.25) is 9.59 Å². The summed E-state index contributed by atoms with van der Waals surface area (Å²) in [6.45, 7) is 1.96. The summed E-state index contributed by atoms with van der Waals surface area (Å²) in [6, 6.07) is 0. The van der Waals surface area contributed by atoms with E-state index in [4.69, 9.17) is 5.11 Å². The Morgan fingerprint density at radius 1 is 1.73 bits per heavy atom. The SMILES string of the molecule is CCC(O)C(=O)C(=O)C1CO1. The summed E-state index contributed by atoms with van der Waals surface area (Å²) in [4.78, 5) is 21.7. The molecule has 0 aliphatic carbocycles. The predicted octanol–water partition coefficient (Wildman–Crippen LogP) is -0.706. The molecule has 1 heterocycles. The minimum absolute atomic E-state index is 0.275. The van der Waals surface area contributed by atoms with Crippen molar-refractivity contribution in [1.82, 2.24) is 0 Å². The first-order valence-electron chi connectivity index (χ1n) is 3.54. The van der Waals surface area contributed by atoms with E-state index in [0.717, 1.165) is 0 Å². The fourth-order valence-electron chi connectivity index (χ4n) is 0.708. The highest BCUT2D eigenvalue weighted by molar-refractivity contribution is 6.40. The fraction of sp³-hybridized carbons (Fsp3) is 0.714. The quantitative estimate of drug-likeness (QED) is 0.433. The molecule has 0 spiro atoms. The zero-order valence-electron chi connectivity index (χ0n) is 6.24. The van der Waals surface area contributed by atoms with Crippen LogP contribution in [0.4, 0.5) is 0 Å². The van der Waals surface area contributed by atoms with Crippen molar-refractivity contribution in [2.45, 2.75) is 25.6 Å². The molecule has 0 aromatic rings. The molecule has 4 nitrogen and oxygen atoms in total. The minimum atomic E-state index is -1.15. The molecular formula is C7H10O4. The Hall–Kier alpha value is -0.740. The molecule has 1 aliphatic rings. The van der Waals surface area contributed by atoms with Gasteiger partial charge in [-0.25, -0.2) is 0 Å². The van der Waals surface area contributed by atoms with Gasteiger partial charge in [0.25, 0.3) is 0 Å². The molecule has 1 aliphatic heterocycles. The monoisotopic (exact) mass is 158 g/mol. The number of carbonyl (C=O) groups is 2. The number of aliphatic hydroxyl groups is 1. The van der Waals surface area contributed by atoms with Crippen LogP contribution in [0.2, 0.25) is 0 Å².